The smallest absolute Gasteiger partial charge is 0.331 e. The zero-order chi connectivity index (χ0) is 33.5. The largest absolute Gasteiger partial charge is 0.508 e. The summed E-state index contributed by atoms with van der Waals surface area (Å²) in [6, 6.07) is 6.49. The van der Waals surface area contributed by atoms with E-state index >= 15 is 0 Å². The number of fused-ring (bicyclic) bond motifs is 7. The number of aliphatic hydroxyl groups excluding tert-OH is 2. The van der Waals surface area contributed by atoms with Crippen LogP contribution in [-0.4, -0.2) is 51.2 Å². The van der Waals surface area contributed by atoms with E-state index in [1.165, 1.54) is 11.6 Å². The molecule has 4 N–H and O–H groups in total. The van der Waals surface area contributed by atoms with E-state index in [-0.39, 0.29) is 51.8 Å². The molecule has 1 aromatic carbocycles. The Morgan fingerprint density at radius 2 is 1.61 bits per heavy atom. The molecule has 0 bridgehead atoms. The monoisotopic (exact) mass is 634 g/mol. The number of aromatic hydroxyl groups is 1. The summed E-state index contributed by atoms with van der Waals surface area (Å²) in [5, 5.41) is 42.9. The minimum Gasteiger partial charge on any atom is -0.508 e. The number of carboxylic acids is 1. The normalized spacial score (nSPS) is 44.6. The minimum atomic E-state index is -0.935. The predicted octanol–water partition coefficient (Wildman–Crippen LogP) is 7.15. The molecular formula is C39H54O7. The van der Waals surface area contributed by atoms with Crippen molar-refractivity contribution in [2.45, 2.75) is 112 Å². The molecule has 6 rings (SSSR count). The lowest BCUT2D eigenvalue weighted by Crippen LogP contribution is -2.68. The average molecular weight is 635 g/mol. The van der Waals surface area contributed by atoms with E-state index < -0.39 is 35.0 Å². The molecule has 0 heterocycles. The van der Waals surface area contributed by atoms with Gasteiger partial charge in [-0.15, -0.1) is 0 Å². The Morgan fingerprint density at radius 1 is 0.935 bits per heavy atom. The maximum atomic E-state index is 13.1. The predicted molar refractivity (Wildman–Crippen MR) is 176 cm³/mol. The number of benzene rings is 1. The molecule has 7 nitrogen and oxygen atoms in total. The molecule has 10 atom stereocenters. The summed E-state index contributed by atoms with van der Waals surface area (Å²) in [5.41, 5.74) is 0.128. The van der Waals surface area contributed by atoms with Crippen LogP contribution in [0.25, 0.3) is 6.08 Å². The van der Waals surface area contributed by atoms with Gasteiger partial charge in [-0.25, -0.2) is 4.79 Å². The Kier molecular flexibility index (Phi) is 7.92. The number of hydrogen-bond donors (Lipinski definition) is 4. The number of carbonyl (C=O) groups excluding carboxylic acids is 1. The van der Waals surface area contributed by atoms with Crippen LogP contribution in [0.1, 0.15) is 105 Å². The Morgan fingerprint density at radius 3 is 2.26 bits per heavy atom. The number of carboxylic acid groups (broad SMARTS) is 1. The summed E-state index contributed by atoms with van der Waals surface area (Å²) in [6.45, 7) is 13.5. The van der Waals surface area contributed by atoms with Crippen LogP contribution < -0.4 is 0 Å². The first-order valence-corrected chi connectivity index (χ1v) is 17.4. The summed E-state index contributed by atoms with van der Waals surface area (Å²) in [5.74, 6) is -0.769. The van der Waals surface area contributed by atoms with Gasteiger partial charge < -0.3 is 25.2 Å². The van der Waals surface area contributed by atoms with Gasteiger partial charge in [0.2, 0.25) is 0 Å². The molecule has 4 fully saturated rings. The second-order valence-electron chi connectivity index (χ2n) is 17.4. The van der Waals surface area contributed by atoms with Crippen molar-refractivity contribution in [1.82, 2.24) is 0 Å². The third-order valence-electron chi connectivity index (χ3n) is 14.7. The lowest BCUT2D eigenvalue weighted by atomic mass is 9.33. The zero-order valence-corrected chi connectivity index (χ0v) is 28.5. The van der Waals surface area contributed by atoms with Crippen molar-refractivity contribution in [1.29, 1.82) is 0 Å². The summed E-state index contributed by atoms with van der Waals surface area (Å²) in [4.78, 5) is 26.0. The number of phenols is 1. The topological polar surface area (TPSA) is 124 Å². The average Bonchev–Trinajstić information content (AvgIpc) is 2.98. The van der Waals surface area contributed by atoms with Crippen molar-refractivity contribution in [2.24, 2.45) is 50.2 Å². The van der Waals surface area contributed by atoms with Gasteiger partial charge in [0.15, 0.2) is 0 Å². The third-order valence-corrected chi connectivity index (χ3v) is 14.7. The lowest BCUT2D eigenvalue weighted by Gasteiger charge is -2.71. The summed E-state index contributed by atoms with van der Waals surface area (Å²) >= 11 is 0. The van der Waals surface area contributed by atoms with Gasteiger partial charge in [-0.3, -0.25) is 4.79 Å². The van der Waals surface area contributed by atoms with E-state index in [1.807, 2.05) is 6.92 Å². The van der Waals surface area contributed by atoms with Crippen molar-refractivity contribution in [2.75, 3.05) is 6.61 Å². The van der Waals surface area contributed by atoms with Gasteiger partial charge in [-0.1, -0.05) is 65.3 Å². The van der Waals surface area contributed by atoms with Crippen LogP contribution in [0, 0.1) is 50.2 Å². The highest BCUT2D eigenvalue weighted by molar-refractivity contribution is 5.87. The molecule has 0 spiro atoms. The number of aliphatic hydroxyl groups is 2. The van der Waals surface area contributed by atoms with Crippen LogP contribution >= 0.6 is 0 Å². The van der Waals surface area contributed by atoms with Gasteiger partial charge in [-0.05, 0) is 121 Å². The van der Waals surface area contributed by atoms with Crippen LogP contribution in [0.15, 0.2) is 42.0 Å². The summed E-state index contributed by atoms with van der Waals surface area (Å²) < 4.78 is 5.98. The van der Waals surface area contributed by atoms with Crippen LogP contribution in [0.5, 0.6) is 5.75 Å². The highest BCUT2D eigenvalue weighted by atomic mass is 16.6. The first kappa shape index (κ1) is 33.3. The van der Waals surface area contributed by atoms with E-state index in [2.05, 4.69) is 40.7 Å². The summed E-state index contributed by atoms with van der Waals surface area (Å²) in [7, 11) is 0. The van der Waals surface area contributed by atoms with Gasteiger partial charge in [0.1, 0.15) is 11.9 Å². The van der Waals surface area contributed by atoms with E-state index in [0.29, 0.717) is 12.8 Å². The molecule has 0 amide bonds. The fourth-order valence-electron chi connectivity index (χ4n) is 11.9. The fraction of sp³-hybridized carbons (Fsp3) is 0.692. The van der Waals surface area contributed by atoms with Crippen molar-refractivity contribution >= 4 is 18.0 Å². The minimum absolute atomic E-state index is 0.0271. The first-order valence-electron chi connectivity index (χ1n) is 17.4. The Labute approximate surface area is 274 Å². The fourth-order valence-corrected chi connectivity index (χ4v) is 11.9. The lowest BCUT2D eigenvalue weighted by molar-refractivity contribution is -0.249. The maximum absolute atomic E-state index is 13.1. The molecule has 5 aliphatic rings. The molecule has 4 saturated carbocycles. The number of hydrogen-bond acceptors (Lipinski definition) is 6. The standard InChI is InChI=1S/C39H54O7/c1-34(2)17-19-39(33(44)45)20-18-37(5)26(27(39)21-34)12-13-30-35(3)22-28(42)32(36(4,23-40)29(35)15-16-38(30,37)6)46-31(43)14-9-24-7-10-25(41)11-8-24/h7-12,14,27-30,32,40-42H,13,15-23H2,1-6H3,(H,44,45)/b14-9+/t27-,28+,29+,30+,32-,35-,36+,37+,38+,39-/m0/s1. The SMILES string of the molecule is CC1(C)CC[C@]2(C(=O)O)CC[C@]3(C)C(=CC[C@@H]4[C@@]5(C)C[C@@H](O)[C@H](OC(=O)/C=C/c6ccc(O)cc6)[C@](C)(CO)[C@@H]5CC[C@]43C)[C@@H]2C1. The highest BCUT2D eigenvalue weighted by Gasteiger charge is 2.71. The highest BCUT2D eigenvalue weighted by Crippen LogP contribution is 2.75. The van der Waals surface area contributed by atoms with Gasteiger partial charge in [0, 0.05) is 11.5 Å². The molecular weight excluding hydrogens is 580 g/mol. The number of ether oxygens (including phenoxy) is 1. The van der Waals surface area contributed by atoms with Crippen LogP contribution in [0.3, 0.4) is 0 Å². The van der Waals surface area contributed by atoms with Gasteiger partial charge in [-0.2, -0.15) is 0 Å². The van der Waals surface area contributed by atoms with E-state index in [9.17, 15) is 30.0 Å². The van der Waals surface area contributed by atoms with Crippen molar-refractivity contribution < 1.29 is 34.8 Å². The quantitative estimate of drug-likeness (QED) is 0.154. The molecule has 1 aromatic rings. The third kappa shape index (κ3) is 4.73. The van der Waals surface area contributed by atoms with Gasteiger partial charge >= 0.3 is 11.9 Å². The first-order chi connectivity index (χ1) is 21.5. The zero-order valence-electron chi connectivity index (χ0n) is 28.5. The molecule has 0 radical (unpaired) electrons. The van der Waals surface area contributed by atoms with E-state index in [4.69, 9.17) is 4.74 Å². The molecule has 5 aliphatic carbocycles. The van der Waals surface area contributed by atoms with Crippen LogP contribution in [0.2, 0.25) is 0 Å². The molecule has 0 unspecified atom stereocenters. The number of allylic oxidation sites excluding steroid dienone is 2. The van der Waals surface area contributed by atoms with E-state index in [0.717, 1.165) is 50.5 Å². The molecule has 252 valence electrons. The maximum Gasteiger partial charge on any atom is 0.331 e. The van der Waals surface area contributed by atoms with Crippen molar-refractivity contribution in [3.8, 4) is 5.75 Å². The molecule has 7 heteroatoms. The summed E-state index contributed by atoms with van der Waals surface area (Å²) in [6.07, 6.45) is 10.8. The number of carbonyl (C=O) groups is 2. The Hall–Kier alpha value is -2.64. The molecule has 0 aliphatic heterocycles. The van der Waals surface area contributed by atoms with E-state index in [1.54, 1.807) is 30.3 Å². The number of aliphatic carboxylic acids is 1. The Bertz CT molecular complexity index is 1440. The van der Waals surface area contributed by atoms with Crippen LogP contribution in [0.4, 0.5) is 0 Å². The number of rotatable bonds is 5. The number of esters is 1. The molecule has 0 aromatic heterocycles. The van der Waals surface area contributed by atoms with Crippen LogP contribution in [-0.2, 0) is 14.3 Å². The number of phenolic OH excluding ortho intramolecular Hbond substituents is 1. The van der Waals surface area contributed by atoms with Crippen molar-refractivity contribution in [3.05, 3.63) is 47.6 Å². The molecule has 46 heavy (non-hydrogen) atoms. The second-order valence-corrected chi connectivity index (χ2v) is 17.4. The Balaban J connectivity index is 1.31. The second kappa shape index (κ2) is 10.9. The van der Waals surface area contributed by atoms with Crippen molar-refractivity contribution in [3.63, 3.8) is 0 Å². The molecule has 0 saturated heterocycles. The van der Waals surface area contributed by atoms with Gasteiger partial charge in [0.25, 0.3) is 0 Å². The van der Waals surface area contributed by atoms with Gasteiger partial charge in [0.05, 0.1) is 18.1 Å².